The zero-order valence-electron chi connectivity index (χ0n) is 18.7. The number of rotatable bonds is 11. The Morgan fingerprint density at radius 2 is 1.36 bits per heavy atom. The van der Waals surface area contributed by atoms with Gasteiger partial charge in [0, 0.05) is 17.6 Å². The van der Waals surface area contributed by atoms with Crippen molar-refractivity contribution >= 4 is 34.8 Å². The van der Waals surface area contributed by atoms with Gasteiger partial charge in [0.2, 0.25) is 0 Å². The lowest BCUT2D eigenvalue weighted by Gasteiger charge is -2.15. The number of methoxy groups -OCH3 is 3. The first-order valence-corrected chi connectivity index (χ1v) is 11.4. The lowest BCUT2D eigenvalue weighted by atomic mass is 10.1. The molecule has 0 aliphatic carbocycles. The van der Waals surface area contributed by atoms with Crippen LogP contribution in [0.15, 0.2) is 48.5 Å². The number of ether oxygens (including phenoxy) is 4. The molecule has 0 aliphatic rings. The molecule has 3 aromatic rings. The molecule has 0 fully saturated rings. The van der Waals surface area contributed by atoms with Gasteiger partial charge in [-0.2, -0.15) is 0 Å². The van der Waals surface area contributed by atoms with Crippen molar-refractivity contribution in [1.82, 2.24) is 5.32 Å². The van der Waals surface area contributed by atoms with Crippen molar-refractivity contribution in [1.29, 1.82) is 0 Å². The summed E-state index contributed by atoms with van der Waals surface area (Å²) in [6.45, 7) is 1.67. The minimum Gasteiger partial charge on any atom is -0.493 e. The van der Waals surface area contributed by atoms with Crippen molar-refractivity contribution in [3.63, 3.8) is 0 Å². The number of hydrogen-bond donors (Lipinski definition) is 1. The second kappa shape index (κ2) is 12.2. The van der Waals surface area contributed by atoms with Crippen LogP contribution in [-0.4, -0.2) is 27.9 Å². The molecule has 8 heteroatoms. The molecule has 5 nitrogen and oxygen atoms in total. The average Bonchev–Trinajstić information content (AvgIpc) is 2.83. The quantitative estimate of drug-likeness (QED) is 0.295. The van der Waals surface area contributed by atoms with Gasteiger partial charge in [-0.1, -0.05) is 46.9 Å². The van der Waals surface area contributed by atoms with Crippen LogP contribution < -0.4 is 24.3 Å². The summed E-state index contributed by atoms with van der Waals surface area (Å²) in [5.41, 5.74) is 2.96. The predicted molar refractivity (Wildman–Crippen MR) is 134 cm³/mol. The Bertz CT molecular complexity index is 1090. The van der Waals surface area contributed by atoms with E-state index in [0.717, 1.165) is 41.2 Å². The van der Waals surface area contributed by atoms with E-state index in [1.807, 2.05) is 30.3 Å². The van der Waals surface area contributed by atoms with Crippen LogP contribution in [0.1, 0.15) is 16.7 Å². The van der Waals surface area contributed by atoms with Gasteiger partial charge in [-0.05, 0) is 60.0 Å². The largest absolute Gasteiger partial charge is 0.493 e. The van der Waals surface area contributed by atoms with E-state index in [0.29, 0.717) is 39.7 Å². The van der Waals surface area contributed by atoms with E-state index >= 15 is 0 Å². The fourth-order valence-corrected chi connectivity index (χ4v) is 3.81. The smallest absolute Gasteiger partial charge is 0.163 e. The van der Waals surface area contributed by atoms with Crippen molar-refractivity contribution in [3.8, 4) is 23.0 Å². The highest BCUT2D eigenvalue weighted by Crippen LogP contribution is 2.34. The Kier molecular flexibility index (Phi) is 9.39. The second-order valence-corrected chi connectivity index (χ2v) is 8.47. The van der Waals surface area contributed by atoms with Gasteiger partial charge >= 0.3 is 0 Å². The van der Waals surface area contributed by atoms with E-state index in [4.69, 9.17) is 53.8 Å². The van der Waals surface area contributed by atoms with Crippen molar-refractivity contribution < 1.29 is 18.9 Å². The van der Waals surface area contributed by atoms with Gasteiger partial charge in [0.15, 0.2) is 23.0 Å². The van der Waals surface area contributed by atoms with Crippen molar-refractivity contribution in [2.45, 2.75) is 19.6 Å². The highest BCUT2D eigenvalue weighted by molar-refractivity contribution is 6.42. The van der Waals surface area contributed by atoms with E-state index < -0.39 is 0 Å². The molecule has 3 aromatic carbocycles. The van der Waals surface area contributed by atoms with Gasteiger partial charge in [0.05, 0.1) is 31.4 Å². The summed E-state index contributed by atoms with van der Waals surface area (Å²) in [6.07, 6.45) is 0.833. The molecular weight excluding hydrogens is 485 g/mol. The van der Waals surface area contributed by atoms with E-state index in [2.05, 4.69) is 5.32 Å². The first-order valence-electron chi connectivity index (χ1n) is 10.3. The molecule has 0 amide bonds. The molecule has 0 radical (unpaired) electrons. The number of halogens is 3. The van der Waals surface area contributed by atoms with E-state index in [1.165, 1.54) is 0 Å². The van der Waals surface area contributed by atoms with Crippen LogP contribution in [0.4, 0.5) is 0 Å². The van der Waals surface area contributed by atoms with Crippen LogP contribution in [-0.2, 0) is 19.6 Å². The standard InChI is InChI=1S/C25H26Cl3NO4/c1-30-22-7-5-16(11-23(22)31-2)8-9-29-14-18-12-24(32-3)25(13-20(18)27)33-15-17-4-6-19(26)21(28)10-17/h4-7,10-13,29H,8-9,14-15H2,1-3H3. The molecule has 3 rings (SSSR count). The molecule has 0 heterocycles. The monoisotopic (exact) mass is 509 g/mol. The maximum absolute atomic E-state index is 6.51. The molecule has 0 aromatic heterocycles. The number of nitrogens with one attached hydrogen (secondary N) is 1. The molecule has 1 N–H and O–H groups in total. The fourth-order valence-electron chi connectivity index (χ4n) is 3.27. The normalized spacial score (nSPS) is 10.7. The summed E-state index contributed by atoms with van der Waals surface area (Å²) in [5.74, 6) is 2.60. The SMILES string of the molecule is COc1ccc(CCNCc2cc(OC)c(OCc3ccc(Cl)c(Cl)c3)cc2Cl)cc1OC. The Labute approximate surface area is 209 Å². The number of benzene rings is 3. The molecule has 0 aliphatic heterocycles. The average molecular weight is 511 g/mol. The van der Waals surface area contributed by atoms with Crippen LogP contribution in [0.3, 0.4) is 0 Å². The minimum absolute atomic E-state index is 0.312. The van der Waals surface area contributed by atoms with Gasteiger partial charge in [0.25, 0.3) is 0 Å². The van der Waals surface area contributed by atoms with Gasteiger partial charge in [-0.3, -0.25) is 0 Å². The highest BCUT2D eigenvalue weighted by Gasteiger charge is 2.12. The van der Waals surface area contributed by atoms with E-state index in [1.54, 1.807) is 39.5 Å². The lowest BCUT2D eigenvalue weighted by molar-refractivity contribution is 0.284. The van der Waals surface area contributed by atoms with Crippen LogP contribution in [0, 0.1) is 0 Å². The van der Waals surface area contributed by atoms with E-state index in [-0.39, 0.29) is 0 Å². The molecule has 0 spiro atoms. The number of hydrogen-bond acceptors (Lipinski definition) is 5. The molecule has 0 atom stereocenters. The Hall–Kier alpha value is -2.31. The van der Waals surface area contributed by atoms with Gasteiger partial charge in [-0.25, -0.2) is 0 Å². The van der Waals surface area contributed by atoms with Crippen LogP contribution in [0.2, 0.25) is 15.1 Å². The molecular formula is C25H26Cl3NO4. The lowest BCUT2D eigenvalue weighted by Crippen LogP contribution is -2.17. The van der Waals surface area contributed by atoms with Crippen LogP contribution >= 0.6 is 34.8 Å². The molecule has 0 bridgehead atoms. The molecule has 33 heavy (non-hydrogen) atoms. The van der Waals surface area contributed by atoms with Crippen molar-refractivity contribution in [2.24, 2.45) is 0 Å². The van der Waals surface area contributed by atoms with Crippen LogP contribution in [0.25, 0.3) is 0 Å². The third-order valence-electron chi connectivity index (χ3n) is 5.06. The zero-order valence-corrected chi connectivity index (χ0v) is 21.0. The molecule has 0 saturated heterocycles. The predicted octanol–water partition coefficient (Wildman–Crippen LogP) is 6.58. The fraction of sp³-hybridized carbons (Fsp3) is 0.280. The highest BCUT2D eigenvalue weighted by atomic mass is 35.5. The summed E-state index contributed by atoms with van der Waals surface area (Å²) in [7, 11) is 4.86. The third kappa shape index (κ3) is 6.84. The second-order valence-electron chi connectivity index (χ2n) is 7.25. The first kappa shape index (κ1) is 25.3. The van der Waals surface area contributed by atoms with Gasteiger partial charge in [0.1, 0.15) is 6.61 Å². The maximum Gasteiger partial charge on any atom is 0.163 e. The summed E-state index contributed by atoms with van der Waals surface area (Å²) in [6, 6.07) is 14.9. The Morgan fingerprint density at radius 3 is 2.06 bits per heavy atom. The Balaban J connectivity index is 1.58. The summed E-state index contributed by atoms with van der Waals surface area (Å²) < 4.78 is 22.1. The van der Waals surface area contributed by atoms with E-state index in [9.17, 15) is 0 Å². The maximum atomic E-state index is 6.51. The van der Waals surface area contributed by atoms with Crippen molar-refractivity contribution in [2.75, 3.05) is 27.9 Å². The summed E-state index contributed by atoms with van der Waals surface area (Å²) in [5, 5.41) is 5.00. The van der Waals surface area contributed by atoms with Crippen molar-refractivity contribution in [3.05, 3.63) is 80.3 Å². The molecule has 0 unspecified atom stereocenters. The van der Waals surface area contributed by atoms with Gasteiger partial charge < -0.3 is 24.3 Å². The third-order valence-corrected chi connectivity index (χ3v) is 6.16. The Morgan fingerprint density at radius 1 is 0.667 bits per heavy atom. The first-order chi connectivity index (χ1) is 15.9. The molecule has 0 saturated carbocycles. The van der Waals surface area contributed by atoms with Crippen LogP contribution in [0.5, 0.6) is 23.0 Å². The zero-order chi connectivity index (χ0) is 23.8. The minimum atomic E-state index is 0.312. The van der Waals surface area contributed by atoms with Gasteiger partial charge in [-0.15, -0.1) is 0 Å². The summed E-state index contributed by atoms with van der Waals surface area (Å²) >= 11 is 18.6. The topological polar surface area (TPSA) is 49.0 Å². The summed E-state index contributed by atoms with van der Waals surface area (Å²) in [4.78, 5) is 0. The molecule has 176 valence electrons.